The van der Waals surface area contributed by atoms with Crippen LogP contribution in [0.1, 0.15) is 11.1 Å². The summed E-state index contributed by atoms with van der Waals surface area (Å²) in [5, 5.41) is 10.7. The van der Waals surface area contributed by atoms with Gasteiger partial charge in [0.1, 0.15) is 30.8 Å². The zero-order valence-electron chi connectivity index (χ0n) is 18.6. The summed E-state index contributed by atoms with van der Waals surface area (Å²) >= 11 is 0. The molecule has 0 spiro atoms. The fourth-order valence-corrected chi connectivity index (χ4v) is 3.58. The Morgan fingerprint density at radius 2 is 1.12 bits per heavy atom. The molecule has 1 atom stereocenters. The van der Waals surface area contributed by atoms with E-state index in [0.29, 0.717) is 18.9 Å². The van der Waals surface area contributed by atoms with Crippen LogP contribution in [0, 0.1) is 0 Å². The molecule has 168 valence electrons. The summed E-state index contributed by atoms with van der Waals surface area (Å²) in [4.78, 5) is 2.17. The van der Waals surface area contributed by atoms with Gasteiger partial charge in [-0.2, -0.15) is 0 Å². The summed E-state index contributed by atoms with van der Waals surface area (Å²) < 4.78 is 11.7. The minimum absolute atomic E-state index is 0.211. The fraction of sp³-hybridized carbons (Fsp3) is 0.172. The first-order valence-electron chi connectivity index (χ1n) is 11.2. The minimum atomic E-state index is -0.636. The van der Waals surface area contributed by atoms with Crippen molar-refractivity contribution in [2.45, 2.75) is 19.3 Å². The monoisotopic (exact) mass is 439 g/mol. The zero-order valence-corrected chi connectivity index (χ0v) is 18.6. The topological polar surface area (TPSA) is 41.9 Å². The lowest BCUT2D eigenvalue weighted by atomic mass is 10.2. The van der Waals surface area contributed by atoms with Gasteiger partial charge in [0.25, 0.3) is 0 Å². The second-order valence-electron chi connectivity index (χ2n) is 7.91. The van der Waals surface area contributed by atoms with Crippen molar-refractivity contribution < 1.29 is 14.6 Å². The van der Waals surface area contributed by atoms with Gasteiger partial charge < -0.3 is 19.5 Å². The van der Waals surface area contributed by atoms with E-state index >= 15 is 0 Å². The van der Waals surface area contributed by atoms with E-state index in [1.165, 1.54) is 5.56 Å². The molecule has 0 saturated carbocycles. The van der Waals surface area contributed by atoms with E-state index in [2.05, 4.69) is 29.2 Å². The second kappa shape index (κ2) is 11.7. The van der Waals surface area contributed by atoms with Crippen LogP contribution in [0.15, 0.2) is 115 Å². The number of nitrogens with zero attached hydrogens (tertiary/aromatic N) is 1. The molecule has 0 aromatic heterocycles. The number of ether oxygens (including phenoxy) is 2. The summed E-state index contributed by atoms with van der Waals surface area (Å²) in [5.41, 5.74) is 3.39. The number of para-hydroxylation sites is 1. The SMILES string of the molecule is OC(COc1ccc(OCc2ccccc2)cc1)CN(Cc1ccccc1)c1ccccc1. The molecule has 1 unspecified atom stereocenters. The van der Waals surface area contributed by atoms with Crippen LogP contribution in [0.2, 0.25) is 0 Å². The number of aliphatic hydroxyl groups is 1. The Morgan fingerprint density at radius 3 is 1.73 bits per heavy atom. The van der Waals surface area contributed by atoms with Crippen molar-refractivity contribution in [3.8, 4) is 11.5 Å². The van der Waals surface area contributed by atoms with Gasteiger partial charge in [0, 0.05) is 18.8 Å². The zero-order chi connectivity index (χ0) is 22.7. The van der Waals surface area contributed by atoms with Crippen LogP contribution in [-0.2, 0) is 13.2 Å². The maximum atomic E-state index is 10.7. The van der Waals surface area contributed by atoms with Gasteiger partial charge in [0.2, 0.25) is 0 Å². The van der Waals surface area contributed by atoms with Gasteiger partial charge in [-0.15, -0.1) is 0 Å². The van der Waals surface area contributed by atoms with Crippen LogP contribution in [0.5, 0.6) is 11.5 Å². The third-order valence-electron chi connectivity index (χ3n) is 5.28. The second-order valence-corrected chi connectivity index (χ2v) is 7.91. The molecule has 4 nitrogen and oxygen atoms in total. The van der Waals surface area contributed by atoms with Gasteiger partial charge in [-0.1, -0.05) is 78.9 Å². The summed E-state index contributed by atoms with van der Waals surface area (Å²) in [5.74, 6) is 1.49. The molecule has 1 N–H and O–H groups in total. The molecule has 0 aliphatic rings. The Hall–Kier alpha value is -3.76. The third kappa shape index (κ3) is 7.13. The Balaban J connectivity index is 1.30. The predicted molar refractivity (Wildman–Crippen MR) is 133 cm³/mol. The summed E-state index contributed by atoms with van der Waals surface area (Å²) in [6.45, 7) is 1.92. The smallest absolute Gasteiger partial charge is 0.120 e. The number of rotatable bonds is 11. The van der Waals surface area contributed by atoms with E-state index < -0.39 is 6.10 Å². The molecule has 0 aliphatic carbocycles. The average Bonchev–Trinajstić information content (AvgIpc) is 2.88. The van der Waals surface area contributed by atoms with Crippen LogP contribution >= 0.6 is 0 Å². The van der Waals surface area contributed by atoms with E-state index in [-0.39, 0.29) is 6.61 Å². The average molecular weight is 440 g/mol. The number of anilines is 1. The Bertz CT molecular complexity index is 1070. The largest absolute Gasteiger partial charge is 0.491 e. The minimum Gasteiger partial charge on any atom is -0.491 e. The molecular weight excluding hydrogens is 410 g/mol. The Labute approximate surface area is 195 Å². The van der Waals surface area contributed by atoms with Crippen LogP contribution in [0.3, 0.4) is 0 Å². The molecule has 4 heteroatoms. The normalized spacial score (nSPS) is 11.5. The van der Waals surface area contributed by atoms with Gasteiger partial charge >= 0.3 is 0 Å². The molecular formula is C29H29NO3. The van der Waals surface area contributed by atoms with Crippen molar-refractivity contribution in [1.29, 1.82) is 0 Å². The first-order valence-corrected chi connectivity index (χ1v) is 11.2. The first kappa shape index (κ1) is 22.4. The van der Waals surface area contributed by atoms with Gasteiger partial charge in [0.05, 0.1) is 0 Å². The van der Waals surface area contributed by atoms with E-state index in [1.54, 1.807) is 0 Å². The number of aliphatic hydroxyl groups excluding tert-OH is 1. The van der Waals surface area contributed by atoms with Crippen LogP contribution in [0.4, 0.5) is 5.69 Å². The molecule has 0 bridgehead atoms. The third-order valence-corrected chi connectivity index (χ3v) is 5.28. The molecule has 0 amide bonds. The lowest BCUT2D eigenvalue weighted by Crippen LogP contribution is -2.35. The summed E-state index contributed by atoms with van der Waals surface area (Å²) in [7, 11) is 0. The van der Waals surface area contributed by atoms with E-state index in [1.807, 2.05) is 91.0 Å². The van der Waals surface area contributed by atoms with E-state index in [4.69, 9.17) is 9.47 Å². The molecule has 0 aliphatic heterocycles. The Morgan fingerprint density at radius 1 is 0.606 bits per heavy atom. The van der Waals surface area contributed by atoms with E-state index in [0.717, 1.165) is 23.5 Å². The molecule has 33 heavy (non-hydrogen) atoms. The quantitative estimate of drug-likeness (QED) is 0.325. The Kier molecular flexibility index (Phi) is 7.98. The number of hydrogen-bond acceptors (Lipinski definition) is 4. The predicted octanol–water partition coefficient (Wildman–Crippen LogP) is 5.71. The fourth-order valence-electron chi connectivity index (χ4n) is 3.58. The van der Waals surface area contributed by atoms with Crippen LogP contribution in [-0.4, -0.2) is 24.4 Å². The van der Waals surface area contributed by atoms with Crippen molar-refractivity contribution in [3.63, 3.8) is 0 Å². The van der Waals surface area contributed by atoms with Gasteiger partial charge in [-0.3, -0.25) is 0 Å². The van der Waals surface area contributed by atoms with Crippen molar-refractivity contribution >= 4 is 5.69 Å². The maximum absolute atomic E-state index is 10.7. The van der Waals surface area contributed by atoms with Gasteiger partial charge in [-0.05, 0) is 47.5 Å². The highest BCUT2D eigenvalue weighted by Crippen LogP contribution is 2.20. The molecule has 4 aromatic carbocycles. The molecule has 4 rings (SSSR count). The molecule has 0 heterocycles. The van der Waals surface area contributed by atoms with Crippen LogP contribution in [0.25, 0.3) is 0 Å². The molecule has 0 radical (unpaired) electrons. The van der Waals surface area contributed by atoms with Crippen molar-refractivity contribution in [1.82, 2.24) is 0 Å². The number of hydrogen-bond donors (Lipinski definition) is 1. The van der Waals surface area contributed by atoms with Crippen molar-refractivity contribution in [3.05, 3.63) is 126 Å². The highest BCUT2D eigenvalue weighted by molar-refractivity contribution is 5.47. The van der Waals surface area contributed by atoms with Gasteiger partial charge in [-0.25, -0.2) is 0 Å². The van der Waals surface area contributed by atoms with Gasteiger partial charge in [0.15, 0.2) is 0 Å². The number of benzene rings is 4. The maximum Gasteiger partial charge on any atom is 0.120 e. The molecule has 0 fully saturated rings. The van der Waals surface area contributed by atoms with Crippen molar-refractivity contribution in [2.24, 2.45) is 0 Å². The highest BCUT2D eigenvalue weighted by atomic mass is 16.5. The highest BCUT2D eigenvalue weighted by Gasteiger charge is 2.14. The lowest BCUT2D eigenvalue weighted by molar-refractivity contribution is 0.112. The standard InChI is InChI=1S/C29H29NO3/c31-27(21-30(26-14-8-3-9-15-26)20-24-10-4-1-5-11-24)23-33-29-18-16-28(17-19-29)32-22-25-12-6-2-7-13-25/h1-19,27,31H,20-23H2. The molecule has 0 saturated heterocycles. The molecule has 4 aromatic rings. The first-order chi connectivity index (χ1) is 16.3. The van der Waals surface area contributed by atoms with Crippen molar-refractivity contribution in [2.75, 3.05) is 18.1 Å². The lowest BCUT2D eigenvalue weighted by Gasteiger charge is -2.27. The summed E-state index contributed by atoms with van der Waals surface area (Å²) in [6.07, 6.45) is -0.636. The van der Waals surface area contributed by atoms with Crippen LogP contribution < -0.4 is 14.4 Å². The van der Waals surface area contributed by atoms with E-state index in [9.17, 15) is 5.11 Å². The summed E-state index contributed by atoms with van der Waals surface area (Å²) in [6, 6.07) is 38.0.